The number of carbonyl (C=O) groups excluding carboxylic acids is 1. The number of nitrogens with zero attached hydrogens (tertiary/aromatic N) is 2. The molecule has 158 valence electrons. The van der Waals surface area contributed by atoms with Crippen LogP contribution < -0.4 is 14.8 Å². The first-order chi connectivity index (χ1) is 14.6. The Morgan fingerprint density at radius 1 is 1.16 bits per heavy atom. The summed E-state index contributed by atoms with van der Waals surface area (Å²) >= 11 is 3.35. The number of nitrogens with one attached hydrogen (secondary N) is 1. The molecule has 2 aromatic carbocycles. The zero-order chi connectivity index (χ0) is 21.3. The number of halogens is 2. The summed E-state index contributed by atoms with van der Waals surface area (Å²) in [6.07, 6.45) is 3.35. The van der Waals surface area contributed by atoms with Crippen LogP contribution in [0.25, 0.3) is 11.6 Å². The number of ether oxygens (including phenoxy) is 2. The average Bonchev–Trinajstić information content (AvgIpc) is 2.78. The first-order valence-corrected chi connectivity index (χ1v) is 9.78. The normalized spacial score (nSPS) is 10.4. The summed E-state index contributed by atoms with van der Waals surface area (Å²) in [5.74, 6) is 0.598. The van der Waals surface area contributed by atoms with E-state index < -0.39 is 0 Å². The Balaban J connectivity index is 0.00000341. The van der Waals surface area contributed by atoms with Crippen LogP contribution in [0.15, 0.2) is 71.3 Å². The number of nitriles is 1. The standard InChI is InChI=1S/C23H18BrN3O3.ClH/c1-29-22-13-16(12-17(14-25)20-4-2-3-11-26-20)5-10-21(22)30-15-23(28)27-19-8-6-18(24)7-9-19;/h2-13H,15H2,1H3,(H,27,28);1H. The lowest BCUT2D eigenvalue weighted by Crippen LogP contribution is -2.20. The van der Waals surface area contributed by atoms with Gasteiger partial charge in [-0.3, -0.25) is 9.78 Å². The van der Waals surface area contributed by atoms with E-state index in [1.54, 1.807) is 54.7 Å². The number of methoxy groups -OCH3 is 1. The Bertz CT molecular complexity index is 1100. The first kappa shape index (κ1) is 23.9. The molecule has 0 bridgehead atoms. The Labute approximate surface area is 195 Å². The van der Waals surface area contributed by atoms with Gasteiger partial charge in [0.2, 0.25) is 0 Å². The van der Waals surface area contributed by atoms with Crippen molar-refractivity contribution in [3.8, 4) is 17.6 Å². The topological polar surface area (TPSA) is 84.2 Å². The van der Waals surface area contributed by atoms with E-state index in [-0.39, 0.29) is 24.9 Å². The Morgan fingerprint density at radius 2 is 1.94 bits per heavy atom. The van der Waals surface area contributed by atoms with Gasteiger partial charge in [0.25, 0.3) is 5.91 Å². The van der Waals surface area contributed by atoms with E-state index in [0.29, 0.717) is 28.5 Å². The fourth-order valence-electron chi connectivity index (χ4n) is 2.62. The molecule has 0 atom stereocenters. The summed E-state index contributed by atoms with van der Waals surface area (Å²) in [5.41, 5.74) is 2.45. The number of hydrogen-bond donors (Lipinski definition) is 1. The van der Waals surface area contributed by atoms with E-state index in [9.17, 15) is 10.1 Å². The number of rotatable bonds is 7. The fraction of sp³-hybridized carbons (Fsp3) is 0.0870. The van der Waals surface area contributed by atoms with Gasteiger partial charge in [0.05, 0.1) is 18.4 Å². The molecule has 1 N–H and O–H groups in total. The molecular weight excluding hydrogens is 482 g/mol. The van der Waals surface area contributed by atoms with Crippen LogP contribution in [0, 0.1) is 11.3 Å². The van der Waals surface area contributed by atoms with E-state index in [2.05, 4.69) is 32.3 Å². The third-order valence-electron chi connectivity index (χ3n) is 4.05. The Kier molecular flexibility index (Phi) is 9.07. The second-order valence-corrected chi connectivity index (χ2v) is 7.05. The SMILES string of the molecule is COc1cc(C=C(C#N)c2ccccn2)ccc1OCC(=O)Nc1ccc(Br)cc1.Cl. The molecule has 0 radical (unpaired) electrons. The second kappa shape index (κ2) is 11.7. The molecule has 8 heteroatoms. The number of benzene rings is 2. The van der Waals surface area contributed by atoms with Crippen LogP contribution in [0.2, 0.25) is 0 Å². The predicted molar refractivity (Wildman–Crippen MR) is 126 cm³/mol. The van der Waals surface area contributed by atoms with Crippen molar-refractivity contribution in [1.29, 1.82) is 5.26 Å². The first-order valence-electron chi connectivity index (χ1n) is 8.98. The number of pyridine rings is 1. The maximum absolute atomic E-state index is 12.1. The summed E-state index contributed by atoms with van der Waals surface area (Å²) in [5, 5.41) is 12.2. The van der Waals surface area contributed by atoms with E-state index >= 15 is 0 Å². The van der Waals surface area contributed by atoms with Crippen LogP contribution in [0.1, 0.15) is 11.3 Å². The van der Waals surface area contributed by atoms with E-state index in [1.807, 2.05) is 18.2 Å². The molecule has 0 saturated heterocycles. The molecule has 3 rings (SSSR count). The van der Waals surface area contributed by atoms with Crippen molar-refractivity contribution in [2.24, 2.45) is 0 Å². The summed E-state index contributed by atoms with van der Waals surface area (Å²) in [7, 11) is 1.52. The van der Waals surface area contributed by atoms with Gasteiger partial charge in [0, 0.05) is 16.4 Å². The molecule has 0 saturated carbocycles. The predicted octanol–water partition coefficient (Wildman–Crippen LogP) is 5.36. The van der Waals surface area contributed by atoms with Crippen molar-refractivity contribution in [3.63, 3.8) is 0 Å². The van der Waals surface area contributed by atoms with E-state index in [1.165, 1.54) is 7.11 Å². The van der Waals surface area contributed by atoms with Gasteiger partial charge in [-0.05, 0) is 60.2 Å². The van der Waals surface area contributed by atoms with Gasteiger partial charge in [-0.15, -0.1) is 12.4 Å². The fourth-order valence-corrected chi connectivity index (χ4v) is 2.88. The smallest absolute Gasteiger partial charge is 0.262 e. The molecule has 0 aliphatic heterocycles. The van der Waals surface area contributed by atoms with E-state index in [0.717, 1.165) is 10.0 Å². The number of hydrogen-bond acceptors (Lipinski definition) is 5. The zero-order valence-corrected chi connectivity index (χ0v) is 18.9. The minimum atomic E-state index is -0.287. The lowest BCUT2D eigenvalue weighted by Gasteiger charge is -2.12. The zero-order valence-electron chi connectivity index (χ0n) is 16.5. The highest BCUT2D eigenvalue weighted by Gasteiger charge is 2.10. The van der Waals surface area contributed by atoms with Crippen LogP contribution in [0.5, 0.6) is 11.5 Å². The Morgan fingerprint density at radius 3 is 2.58 bits per heavy atom. The number of amides is 1. The third kappa shape index (κ3) is 6.85. The molecule has 31 heavy (non-hydrogen) atoms. The number of anilines is 1. The molecule has 1 aromatic heterocycles. The highest BCUT2D eigenvalue weighted by molar-refractivity contribution is 9.10. The third-order valence-corrected chi connectivity index (χ3v) is 4.58. The number of aromatic nitrogens is 1. The largest absolute Gasteiger partial charge is 0.493 e. The summed E-state index contributed by atoms with van der Waals surface area (Å²) < 4.78 is 11.9. The molecule has 3 aromatic rings. The molecule has 0 fully saturated rings. The monoisotopic (exact) mass is 499 g/mol. The molecule has 0 aliphatic rings. The average molecular weight is 501 g/mol. The maximum Gasteiger partial charge on any atom is 0.262 e. The van der Waals surface area contributed by atoms with Gasteiger partial charge >= 0.3 is 0 Å². The van der Waals surface area contributed by atoms with Crippen molar-refractivity contribution in [2.45, 2.75) is 0 Å². The molecule has 6 nitrogen and oxygen atoms in total. The van der Waals surface area contributed by atoms with Crippen molar-refractivity contribution < 1.29 is 14.3 Å². The quantitative estimate of drug-likeness (QED) is 0.442. The minimum absolute atomic E-state index is 0. The second-order valence-electron chi connectivity index (χ2n) is 6.14. The Hall–Kier alpha value is -3.34. The molecule has 1 amide bonds. The lowest BCUT2D eigenvalue weighted by molar-refractivity contribution is -0.118. The number of allylic oxidation sites excluding steroid dienone is 1. The lowest BCUT2D eigenvalue weighted by atomic mass is 10.1. The molecular formula is C23H19BrClN3O3. The summed E-state index contributed by atoms with van der Waals surface area (Å²) in [6, 6.07) is 20.0. The maximum atomic E-state index is 12.1. The van der Waals surface area contributed by atoms with Gasteiger partial charge in [0.1, 0.15) is 6.07 Å². The summed E-state index contributed by atoms with van der Waals surface area (Å²) in [4.78, 5) is 16.3. The van der Waals surface area contributed by atoms with Gasteiger partial charge in [-0.25, -0.2) is 0 Å². The molecule has 1 heterocycles. The summed E-state index contributed by atoms with van der Waals surface area (Å²) in [6.45, 7) is -0.168. The van der Waals surface area contributed by atoms with Crippen molar-refractivity contribution in [1.82, 2.24) is 4.98 Å². The minimum Gasteiger partial charge on any atom is -0.493 e. The van der Waals surface area contributed by atoms with Crippen molar-refractivity contribution in [3.05, 3.63) is 82.6 Å². The van der Waals surface area contributed by atoms with Gasteiger partial charge < -0.3 is 14.8 Å². The highest BCUT2D eigenvalue weighted by atomic mass is 79.9. The number of carbonyl (C=O) groups is 1. The van der Waals surface area contributed by atoms with Gasteiger partial charge in [0.15, 0.2) is 18.1 Å². The molecule has 0 aliphatic carbocycles. The van der Waals surface area contributed by atoms with Crippen LogP contribution >= 0.6 is 28.3 Å². The van der Waals surface area contributed by atoms with Gasteiger partial charge in [-0.2, -0.15) is 5.26 Å². The van der Waals surface area contributed by atoms with Crippen LogP contribution in [-0.2, 0) is 4.79 Å². The van der Waals surface area contributed by atoms with E-state index in [4.69, 9.17) is 9.47 Å². The highest BCUT2D eigenvalue weighted by Crippen LogP contribution is 2.29. The van der Waals surface area contributed by atoms with Crippen molar-refractivity contribution >= 4 is 51.6 Å². The molecule has 0 spiro atoms. The van der Waals surface area contributed by atoms with Crippen molar-refractivity contribution in [2.75, 3.05) is 19.0 Å². The van der Waals surface area contributed by atoms with Crippen LogP contribution in [0.4, 0.5) is 5.69 Å². The van der Waals surface area contributed by atoms with Crippen LogP contribution in [0.3, 0.4) is 0 Å². The van der Waals surface area contributed by atoms with Gasteiger partial charge in [-0.1, -0.05) is 28.1 Å². The molecule has 0 unspecified atom stereocenters. The van der Waals surface area contributed by atoms with Crippen LogP contribution in [-0.4, -0.2) is 24.6 Å².